The van der Waals surface area contributed by atoms with Crippen LogP contribution in [0.3, 0.4) is 0 Å². The molecule has 0 radical (unpaired) electrons. The topological polar surface area (TPSA) is 61.9 Å². The van der Waals surface area contributed by atoms with E-state index in [4.69, 9.17) is 4.74 Å². The molecule has 2 aromatic rings. The number of hydrogen-bond acceptors (Lipinski definition) is 4. The average Bonchev–Trinajstić information content (AvgIpc) is 3.22. The second kappa shape index (κ2) is 9.45. The Bertz CT molecular complexity index is 825. The summed E-state index contributed by atoms with van der Waals surface area (Å²) < 4.78 is 5.61. The van der Waals surface area contributed by atoms with Crippen molar-refractivity contribution in [2.24, 2.45) is 0 Å². The molecule has 1 aliphatic rings. The summed E-state index contributed by atoms with van der Waals surface area (Å²) in [5.41, 5.74) is 2.54. The number of ether oxygens (including phenoxy) is 1. The van der Waals surface area contributed by atoms with Crippen LogP contribution in [0.4, 0.5) is 17.1 Å². The number of rotatable bonds is 7. The van der Waals surface area contributed by atoms with Gasteiger partial charge in [0.2, 0.25) is 11.8 Å². The summed E-state index contributed by atoms with van der Waals surface area (Å²) in [4.78, 5) is 28.5. The van der Waals surface area contributed by atoms with Gasteiger partial charge in [-0.25, -0.2) is 0 Å². The molecular weight excluding hydrogens is 366 g/mol. The summed E-state index contributed by atoms with van der Waals surface area (Å²) in [7, 11) is 0. The highest BCUT2D eigenvalue weighted by Crippen LogP contribution is 2.24. The zero-order chi connectivity index (χ0) is 20.8. The maximum atomic E-state index is 12.5. The van der Waals surface area contributed by atoms with Crippen LogP contribution in [0.15, 0.2) is 48.5 Å². The van der Waals surface area contributed by atoms with Crippen LogP contribution < -0.4 is 19.9 Å². The lowest BCUT2D eigenvalue weighted by atomic mass is 10.2. The lowest BCUT2D eigenvalue weighted by Crippen LogP contribution is -2.36. The van der Waals surface area contributed by atoms with Crippen molar-refractivity contribution in [1.29, 1.82) is 0 Å². The second-order valence-electron chi connectivity index (χ2n) is 7.55. The maximum absolute atomic E-state index is 12.5. The predicted molar refractivity (Wildman–Crippen MR) is 117 cm³/mol. The van der Waals surface area contributed by atoms with Crippen LogP contribution in [-0.4, -0.2) is 37.6 Å². The number of anilines is 3. The molecular formula is C23H29N3O3. The van der Waals surface area contributed by atoms with Crippen molar-refractivity contribution in [2.75, 3.05) is 34.8 Å². The fraction of sp³-hybridized carbons (Fsp3) is 0.391. The van der Waals surface area contributed by atoms with E-state index in [0.29, 0.717) is 5.69 Å². The Balaban J connectivity index is 1.62. The summed E-state index contributed by atoms with van der Waals surface area (Å²) in [6, 6.07) is 15.0. The van der Waals surface area contributed by atoms with Crippen molar-refractivity contribution in [1.82, 2.24) is 0 Å². The lowest BCUT2D eigenvalue weighted by Gasteiger charge is -2.23. The Morgan fingerprint density at radius 3 is 2.21 bits per heavy atom. The lowest BCUT2D eigenvalue weighted by molar-refractivity contribution is -0.120. The molecule has 1 saturated heterocycles. The molecule has 0 aliphatic carbocycles. The van der Waals surface area contributed by atoms with E-state index in [1.807, 2.05) is 50.2 Å². The van der Waals surface area contributed by atoms with Crippen molar-refractivity contribution in [3.8, 4) is 5.75 Å². The number of hydrogen-bond donors (Lipinski definition) is 1. The van der Waals surface area contributed by atoms with Gasteiger partial charge >= 0.3 is 0 Å². The zero-order valence-electron chi connectivity index (χ0n) is 17.4. The van der Waals surface area contributed by atoms with E-state index in [0.717, 1.165) is 30.2 Å². The van der Waals surface area contributed by atoms with E-state index in [9.17, 15) is 9.59 Å². The molecule has 3 rings (SSSR count). The first-order valence-corrected chi connectivity index (χ1v) is 10.1. The first kappa shape index (κ1) is 20.7. The molecule has 0 atom stereocenters. The summed E-state index contributed by atoms with van der Waals surface area (Å²) in [6.45, 7) is 7.49. The third-order valence-electron chi connectivity index (χ3n) is 4.82. The van der Waals surface area contributed by atoms with Gasteiger partial charge in [0, 0.05) is 37.1 Å². The molecule has 29 heavy (non-hydrogen) atoms. The van der Waals surface area contributed by atoms with Gasteiger partial charge in [-0.3, -0.25) is 9.59 Å². The normalized spacial score (nSPS) is 13.4. The van der Waals surface area contributed by atoms with Gasteiger partial charge in [0.15, 0.2) is 0 Å². The van der Waals surface area contributed by atoms with Crippen LogP contribution in [-0.2, 0) is 9.59 Å². The first-order valence-electron chi connectivity index (χ1n) is 10.1. The highest BCUT2D eigenvalue weighted by Gasteiger charge is 2.17. The largest absolute Gasteiger partial charge is 0.491 e. The van der Waals surface area contributed by atoms with Crippen LogP contribution in [0.1, 0.15) is 33.6 Å². The van der Waals surface area contributed by atoms with Crippen molar-refractivity contribution in [3.05, 3.63) is 48.5 Å². The molecule has 154 valence electrons. The fourth-order valence-electron chi connectivity index (χ4n) is 3.44. The molecule has 1 heterocycles. The Morgan fingerprint density at radius 1 is 1.03 bits per heavy atom. The molecule has 6 heteroatoms. The highest BCUT2D eigenvalue weighted by molar-refractivity contribution is 6.01. The number of carbonyl (C=O) groups is 2. The molecule has 0 unspecified atom stereocenters. The highest BCUT2D eigenvalue weighted by atomic mass is 16.5. The molecule has 0 aromatic heterocycles. The van der Waals surface area contributed by atoms with Crippen LogP contribution in [0.5, 0.6) is 5.75 Å². The summed E-state index contributed by atoms with van der Waals surface area (Å²) in [5, 5.41) is 2.84. The van der Waals surface area contributed by atoms with Crippen molar-refractivity contribution < 1.29 is 14.3 Å². The fourth-order valence-corrected chi connectivity index (χ4v) is 3.44. The zero-order valence-corrected chi connectivity index (χ0v) is 17.4. The Hall–Kier alpha value is -3.02. The minimum atomic E-state index is -0.249. The van der Waals surface area contributed by atoms with Gasteiger partial charge in [-0.15, -0.1) is 0 Å². The molecule has 1 N–H and O–H groups in total. The maximum Gasteiger partial charge on any atom is 0.244 e. The molecule has 1 aliphatic heterocycles. The van der Waals surface area contributed by atoms with E-state index in [2.05, 4.69) is 10.2 Å². The van der Waals surface area contributed by atoms with Crippen molar-refractivity contribution in [3.63, 3.8) is 0 Å². The van der Waals surface area contributed by atoms with Gasteiger partial charge in [0.05, 0.1) is 6.10 Å². The van der Waals surface area contributed by atoms with Gasteiger partial charge in [-0.1, -0.05) is 0 Å². The van der Waals surface area contributed by atoms with Gasteiger partial charge in [-0.05, 0) is 75.2 Å². The van der Waals surface area contributed by atoms with E-state index < -0.39 is 0 Å². The molecule has 1 fully saturated rings. The monoisotopic (exact) mass is 395 g/mol. The van der Waals surface area contributed by atoms with Crippen molar-refractivity contribution >= 4 is 28.9 Å². The number of nitrogens with zero attached hydrogens (tertiary/aromatic N) is 2. The first-order chi connectivity index (χ1) is 13.9. The minimum Gasteiger partial charge on any atom is -0.491 e. The smallest absolute Gasteiger partial charge is 0.244 e. The molecule has 0 spiro atoms. The third-order valence-corrected chi connectivity index (χ3v) is 4.82. The van der Waals surface area contributed by atoms with Gasteiger partial charge in [0.25, 0.3) is 0 Å². The number of benzene rings is 2. The summed E-state index contributed by atoms with van der Waals surface area (Å²) in [6.07, 6.45) is 2.52. The standard InChI is InChI=1S/C23H29N3O3/c1-17(2)29-22-12-6-19(7-13-22)24-23(28)16-26(18(3)27)21-10-8-20(9-11-21)25-14-4-5-15-25/h6-13,17H,4-5,14-16H2,1-3H3,(H,24,28). The van der Waals surface area contributed by atoms with Crippen LogP contribution >= 0.6 is 0 Å². The number of carbonyl (C=O) groups excluding carboxylic acids is 2. The molecule has 6 nitrogen and oxygen atoms in total. The SMILES string of the molecule is CC(=O)N(CC(=O)Nc1ccc(OC(C)C)cc1)c1ccc(N2CCCC2)cc1. The van der Waals surface area contributed by atoms with E-state index in [1.165, 1.54) is 24.7 Å². The summed E-state index contributed by atoms with van der Waals surface area (Å²) >= 11 is 0. The average molecular weight is 396 g/mol. The Morgan fingerprint density at radius 2 is 1.66 bits per heavy atom. The Kier molecular flexibility index (Phi) is 6.75. The number of amides is 2. The quantitative estimate of drug-likeness (QED) is 0.768. The van der Waals surface area contributed by atoms with E-state index in [1.54, 1.807) is 12.1 Å². The third kappa shape index (κ3) is 5.73. The minimum absolute atomic E-state index is 0.0390. The predicted octanol–water partition coefficient (Wildman–Crippen LogP) is 4.07. The second-order valence-corrected chi connectivity index (χ2v) is 7.55. The van der Waals surface area contributed by atoms with E-state index >= 15 is 0 Å². The van der Waals surface area contributed by atoms with Gasteiger partial charge in [0.1, 0.15) is 12.3 Å². The van der Waals surface area contributed by atoms with Crippen LogP contribution in [0, 0.1) is 0 Å². The van der Waals surface area contributed by atoms with Crippen LogP contribution in [0.25, 0.3) is 0 Å². The molecule has 0 saturated carbocycles. The molecule has 2 aromatic carbocycles. The number of nitrogens with one attached hydrogen (secondary N) is 1. The van der Waals surface area contributed by atoms with E-state index in [-0.39, 0.29) is 24.5 Å². The molecule has 2 amide bonds. The van der Waals surface area contributed by atoms with Crippen LogP contribution in [0.2, 0.25) is 0 Å². The van der Waals surface area contributed by atoms with Gasteiger partial charge in [-0.2, -0.15) is 0 Å². The van der Waals surface area contributed by atoms with Crippen molar-refractivity contribution in [2.45, 2.75) is 39.7 Å². The Labute approximate surface area is 172 Å². The molecule has 0 bridgehead atoms. The summed E-state index contributed by atoms with van der Waals surface area (Å²) in [5.74, 6) is 0.331. The van der Waals surface area contributed by atoms with Gasteiger partial charge < -0.3 is 19.9 Å².